The quantitative estimate of drug-likeness (QED) is 0.803. The van der Waals surface area contributed by atoms with E-state index in [9.17, 15) is 4.79 Å². The van der Waals surface area contributed by atoms with Gasteiger partial charge in [-0.3, -0.25) is 9.78 Å². The van der Waals surface area contributed by atoms with Crippen molar-refractivity contribution in [2.45, 2.75) is 25.2 Å². The van der Waals surface area contributed by atoms with Crippen LogP contribution in [0.1, 0.15) is 36.3 Å². The van der Waals surface area contributed by atoms with E-state index in [-0.39, 0.29) is 11.7 Å². The fourth-order valence-electron chi connectivity index (χ4n) is 3.75. The van der Waals surface area contributed by atoms with Gasteiger partial charge in [-0.2, -0.15) is 0 Å². The van der Waals surface area contributed by atoms with Crippen molar-refractivity contribution >= 4 is 11.5 Å². The molecule has 2 aromatic rings. The number of Topliss-reactive ketones (excluding diaryl/α,β-unsaturated/α-hetero) is 1. The van der Waals surface area contributed by atoms with Crippen LogP contribution in [0.15, 0.2) is 60.1 Å². The second-order valence-corrected chi connectivity index (χ2v) is 5.97. The first kappa shape index (κ1) is 13.3. The van der Waals surface area contributed by atoms with Crippen LogP contribution in [-0.2, 0) is 4.79 Å². The number of hydrogen-bond acceptors (Lipinski definition) is 3. The zero-order valence-corrected chi connectivity index (χ0v) is 12.6. The van der Waals surface area contributed by atoms with Gasteiger partial charge in [0.2, 0.25) is 0 Å². The molecule has 0 saturated carbocycles. The van der Waals surface area contributed by atoms with Crippen LogP contribution in [0.5, 0.6) is 0 Å². The molecule has 110 valence electrons. The van der Waals surface area contributed by atoms with Gasteiger partial charge in [-0.05, 0) is 36.1 Å². The normalized spacial score (nSPS) is 20.7. The molecule has 0 saturated heterocycles. The van der Waals surface area contributed by atoms with Gasteiger partial charge in [0.25, 0.3) is 0 Å². The van der Waals surface area contributed by atoms with Gasteiger partial charge in [-0.25, -0.2) is 0 Å². The van der Waals surface area contributed by atoms with Gasteiger partial charge in [0.1, 0.15) is 0 Å². The van der Waals surface area contributed by atoms with Gasteiger partial charge < -0.3 is 4.90 Å². The number of fused-ring (bicyclic) bond motifs is 1. The average Bonchev–Trinajstić information content (AvgIpc) is 2.57. The van der Waals surface area contributed by atoms with Crippen LogP contribution in [0.25, 0.3) is 0 Å². The van der Waals surface area contributed by atoms with Crippen LogP contribution < -0.4 is 4.90 Å². The largest absolute Gasteiger partial charge is 0.347 e. The topological polar surface area (TPSA) is 33.2 Å². The van der Waals surface area contributed by atoms with E-state index in [0.717, 1.165) is 24.0 Å². The molecule has 3 heteroatoms. The highest BCUT2D eigenvalue weighted by Crippen LogP contribution is 2.47. The molecule has 1 aliphatic carbocycles. The van der Waals surface area contributed by atoms with E-state index in [2.05, 4.69) is 47.3 Å². The highest BCUT2D eigenvalue weighted by Gasteiger charge is 2.37. The maximum absolute atomic E-state index is 12.7. The number of carbonyl (C=O) groups excluding carboxylic acids is 1. The van der Waals surface area contributed by atoms with E-state index < -0.39 is 0 Å². The molecule has 3 nitrogen and oxygen atoms in total. The zero-order valence-electron chi connectivity index (χ0n) is 12.6. The molecule has 0 radical (unpaired) electrons. The summed E-state index contributed by atoms with van der Waals surface area (Å²) in [6.45, 7) is 0. The summed E-state index contributed by atoms with van der Waals surface area (Å²) in [5.41, 5.74) is 5.66. The second-order valence-electron chi connectivity index (χ2n) is 5.97. The number of allylic oxidation sites excluding steroid dienone is 2. The van der Waals surface area contributed by atoms with Gasteiger partial charge in [0.05, 0.1) is 0 Å². The molecule has 0 bridgehead atoms. The molecule has 1 atom stereocenters. The molecule has 1 unspecified atom stereocenters. The fourth-order valence-corrected chi connectivity index (χ4v) is 3.75. The molecule has 0 spiro atoms. The molecule has 2 heterocycles. The number of aromatic nitrogens is 1. The Labute approximate surface area is 130 Å². The maximum Gasteiger partial charge on any atom is 0.161 e. The first-order chi connectivity index (χ1) is 10.8. The van der Waals surface area contributed by atoms with Gasteiger partial charge in [-0.1, -0.05) is 24.3 Å². The molecule has 22 heavy (non-hydrogen) atoms. The molecular formula is C19H18N2O. The molecule has 4 rings (SSSR count). The third-order valence-corrected chi connectivity index (χ3v) is 4.75. The molecule has 0 N–H and O–H groups in total. The lowest BCUT2D eigenvalue weighted by Gasteiger charge is -2.39. The summed E-state index contributed by atoms with van der Waals surface area (Å²) in [6.07, 6.45) is 6.25. The van der Waals surface area contributed by atoms with E-state index in [4.69, 9.17) is 0 Å². The Balaban J connectivity index is 1.99. The third-order valence-electron chi connectivity index (χ3n) is 4.75. The summed E-state index contributed by atoms with van der Waals surface area (Å²) in [6, 6.07) is 12.4. The Morgan fingerprint density at radius 2 is 2.00 bits per heavy atom. The monoisotopic (exact) mass is 290 g/mol. The van der Waals surface area contributed by atoms with Gasteiger partial charge in [0, 0.05) is 48.7 Å². The molecular weight excluding hydrogens is 272 g/mol. The van der Waals surface area contributed by atoms with Crippen molar-refractivity contribution in [3.8, 4) is 0 Å². The second kappa shape index (κ2) is 5.09. The highest BCUT2D eigenvalue weighted by atomic mass is 16.1. The molecule has 1 aliphatic heterocycles. The zero-order chi connectivity index (χ0) is 15.1. The van der Waals surface area contributed by atoms with Crippen LogP contribution in [0.3, 0.4) is 0 Å². The number of anilines is 1. The summed E-state index contributed by atoms with van der Waals surface area (Å²) in [7, 11) is 2.08. The van der Waals surface area contributed by atoms with Crippen molar-refractivity contribution in [1.82, 2.24) is 4.98 Å². The van der Waals surface area contributed by atoms with Gasteiger partial charge in [0.15, 0.2) is 5.78 Å². The summed E-state index contributed by atoms with van der Waals surface area (Å²) in [4.78, 5) is 19.1. The number of pyridine rings is 1. The minimum atomic E-state index is 0.0175. The van der Waals surface area contributed by atoms with Gasteiger partial charge >= 0.3 is 0 Å². The van der Waals surface area contributed by atoms with Crippen LogP contribution in [0.4, 0.5) is 5.69 Å². The number of carbonyl (C=O) groups is 1. The molecule has 0 amide bonds. The number of hydrogen-bond donors (Lipinski definition) is 0. The minimum Gasteiger partial charge on any atom is -0.347 e. The van der Waals surface area contributed by atoms with Crippen LogP contribution in [0.2, 0.25) is 0 Å². The Hall–Kier alpha value is -2.42. The molecule has 2 aliphatic rings. The van der Waals surface area contributed by atoms with Crippen molar-refractivity contribution < 1.29 is 4.79 Å². The molecule has 1 aromatic carbocycles. The number of nitrogens with zero attached hydrogens (tertiary/aromatic N) is 2. The smallest absolute Gasteiger partial charge is 0.161 e. The van der Waals surface area contributed by atoms with Crippen LogP contribution >= 0.6 is 0 Å². The lowest BCUT2D eigenvalue weighted by Crippen LogP contribution is -2.32. The molecule has 1 aromatic heterocycles. The summed E-state index contributed by atoms with van der Waals surface area (Å²) in [5.74, 6) is 0.306. The van der Waals surface area contributed by atoms with E-state index in [1.807, 2.05) is 12.3 Å². The Bertz CT molecular complexity index is 764. The van der Waals surface area contributed by atoms with Crippen LogP contribution in [-0.4, -0.2) is 17.8 Å². The Kier molecular flexibility index (Phi) is 3.07. The number of para-hydroxylation sites is 1. The van der Waals surface area contributed by atoms with E-state index in [0.29, 0.717) is 6.42 Å². The lowest BCUT2D eigenvalue weighted by molar-refractivity contribution is -0.116. The fraction of sp³-hybridized carbons (Fsp3) is 0.263. The number of rotatable bonds is 1. The van der Waals surface area contributed by atoms with Crippen molar-refractivity contribution in [3.05, 3.63) is 71.2 Å². The lowest BCUT2D eigenvalue weighted by atomic mass is 9.75. The first-order valence-electron chi connectivity index (χ1n) is 7.76. The highest BCUT2D eigenvalue weighted by molar-refractivity contribution is 6.01. The van der Waals surface area contributed by atoms with E-state index in [1.165, 1.54) is 16.9 Å². The van der Waals surface area contributed by atoms with Crippen molar-refractivity contribution in [2.75, 3.05) is 11.9 Å². The Morgan fingerprint density at radius 1 is 1.14 bits per heavy atom. The third kappa shape index (κ3) is 1.89. The van der Waals surface area contributed by atoms with Crippen molar-refractivity contribution in [2.24, 2.45) is 0 Å². The van der Waals surface area contributed by atoms with Crippen molar-refractivity contribution in [1.29, 1.82) is 0 Å². The van der Waals surface area contributed by atoms with Gasteiger partial charge in [-0.15, -0.1) is 0 Å². The summed E-state index contributed by atoms with van der Waals surface area (Å²) >= 11 is 0. The predicted molar refractivity (Wildman–Crippen MR) is 86.8 cm³/mol. The predicted octanol–water partition coefficient (Wildman–Crippen LogP) is 3.67. The SMILES string of the molecule is CN1C2=C(C(=O)CCC2)C(c2cccnc2)c2ccccc21. The molecule has 0 fully saturated rings. The average molecular weight is 290 g/mol. The number of ketones is 1. The van der Waals surface area contributed by atoms with Crippen molar-refractivity contribution in [3.63, 3.8) is 0 Å². The van der Waals surface area contributed by atoms with Crippen LogP contribution in [0, 0.1) is 0 Å². The van der Waals surface area contributed by atoms with E-state index in [1.54, 1.807) is 6.20 Å². The Morgan fingerprint density at radius 3 is 2.82 bits per heavy atom. The summed E-state index contributed by atoms with van der Waals surface area (Å²) in [5, 5.41) is 0. The first-order valence-corrected chi connectivity index (χ1v) is 7.76. The maximum atomic E-state index is 12.7. The standard InChI is InChI=1S/C19H18N2O/c1-21-15-8-3-2-7-14(15)18(13-6-5-11-20-12-13)19-16(21)9-4-10-17(19)22/h2-3,5-8,11-12,18H,4,9-10H2,1H3. The minimum absolute atomic E-state index is 0.0175. The summed E-state index contributed by atoms with van der Waals surface area (Å²) < 4.78 is 0. The van der Waals surface area contributed by atoms with E-state index >= 15 is 0 Å². The number of benzene rings is 1.